The van der Waals surface area contributed by atoms with Crippen LogP contribution in [0.5, 0.6) is 11.5 Å². The molecule has 4 rings (SSSR count). The molecule has 3 aromatic carbocycles. The number of rotatable bonds is 30. The molecule has 1 aliphatic heterocycles. The first-order valence-corrected chi connectivity index (χ1v) is 23.2. The summed E-state index contributed by atoms with van der Waals surface area (Å²) in [5.74, 6) is 1.64. The number of methoxy groups -OCH3 is 3. The minimum Gasteiger partial charge on any atom is -0.497 e. The first-order valence-electron chi connectivity index (χ1n) is 23.2. The number of nitrogens with one attached hydrogen (secondary N) is 1. The number of hydrogen-bond donors (Lipinski definition) is 2. The van der Waals surface area contributed by atoms with Crippen LogP contribution in [-0.2, 0) is 29.5 Å². The molecule has 2 amide bonds. The van der Waals surface area contributed by atoms with E-state index >= 15 is 0 Å². The van der Waals surface area contributed by atoms with E-state index in [2.05, 4.69) is 36.0 Å². The summed E-state index contributed by atoms with van der Waals surface area (Å²) in [6.45, 7) is 6.14. The largest absolute Gasteiger partial charge is 0.497 e. The number of carbonyl (C=O) groups excluding carboxylic acids is 3. The third-order valence-corrected chi connectivity index (χ3v) is 13.2. The Kier molecular flexibility index (Phi) is 21.3. The number of benzene rings is 3. The van der Waals surface area contributed by atoms with Gasteiger partial charge in [0.15, 0.2) is 0 Å². The van der Waals surface area contributed by atoms with Gasteiger partial charge in [0.2, 0.25) is 11.8 Å². The molecule has 1 fully saturated rings. The second-order valence-electron chi connectivity index (χ2n) is 17.8. The van der Waals surface area contributed by atoms with Gasteiger partial charge < -0.3 is 34.3 Å². The van der Waals surface area contributed by atoms with Gasteiger partial charge in [0.05, 0.1) is 34.5 Å². The maximum absolute atomic E-state index is 13.7. The van der Waals surface area contributed by atoms with Crippen LogP contribution in [0.1, 0.15) is 146 Å². The van der Waals surface area contributed by atoms with E-state index in [0.717, 1.165) is 98.9 Å². The molecule has 0 aliphatic carbocycles. The lowest BCUT2D eigenvalue weighted by Crippen LogP contribution is -2.46. The third-order valence-electron chi connectivity index (χ3n) is 13.2. The molecule has 1 aliphatic rings. The van der Waals surface area contributed by atoms with Crippen LogP contribution in [0.15, 0.2) is 78.9 Å². The van der Waals surface area contributed by atoms with Crippen LogP contribution < -0.4 is 14.8 Å². The molecule has 2 atom stereocenters. The molecule has 342 valence electrons. The Morgan fingerprint density at radius 3 is 1.55 bits per heavy atom. The van der Waals surface area contributed by atoms with Crippen LogP contribution in [0, 0.1) is 10.8 Å². The van der Waals surface area contributed by atoms with E-state index in [4.69, 9.17) is 14.2 Å². The summed E-state index contributed by atoms with van der Waals surface area (Å²) in [5, 5.41) is 14.0. The normalized spacial score (nSPS) is 17.5. The minimum absolute atomic E-state index is 0.0679. The summed E-state index contributed by atoms with van der Waals surface area (Å²) < 4.78 is 23.0. The highest BCUT2D eigenvalue weighted by Gasteiger charge is 2.54. The summed E-state index contributed by atoms with van der Waals surface area (Å²) in [7, 11) is 4.75. The van der Waals surface area contributed by atoms with Crippen LogP contribution in [0.4, 0.5) is 0 Å². The van der Waals surface area contributed by atoms with Gasteiger partial charge in [-0.25, -0.2) is 0 Å². The highest BCUT2D eigenvalue weighted by molar-refractivity contribution is 5.77. The molecule has 0 radical (unpaired) electrons. The van der Waals surface area contributed by atoms with Crippen molar-refractivity contribution in [2.24, 2.45) is 10.8 Å². The zero-order valence-corrected chi connectivity index (χ0v) is 38.5. The van der Waals surface area contributed by atoms with Gasteiger partial charge >= 0.3 is 5.97 Å². The minimum atomic E-state index is -1.00. The fourth-order valence-corrected chi connectivity index (χ4v) is 8.74. The van der Waals surface area contributed by atoms with Gasteiger partial charge in [-0.2, -0.15) is 0 Å². The van der Waals surface area contributed by atoms with Gasteiger partial charge in [-0.3, -0.25) is 14.4 Å². The van der Waals surface area contributed by atoms with E-state index in [1.54, 1.807) is 14.2 Å². The van der Waals surface area contributed by atoms with Gasteiger partial charge in [-0.15, -0.1) is 0 Å². The summed E-state index contributed by atoms with van der Waals surface area (Å²) in [5.41, 5.74) is 0.711. The molecule has 2 N–H and O–H groups in total. The first kappa shape index (κ1) is 50.2. The molecule has 10 heteroatoms. The molecule has 0 spiro atoms. The van der Waals surface area contributed by atoms with Gasteiger partial charge in [0.1, 0.15) is 17.1 Å². The predicted molar refractivity (Wildman–Crippen MR) is 246 cm³/mol. The van der Waals surface area contributed by atoms with Crippen molar-refractivity contribution in [2.75, 3.05) is 54.2 Å². The number of aliphatic hydroxyl groups is 1. The molecule has 62 heavy (non-hydrogen) atoms. The number of amides is 2. The van der Waals surface area contributed by atoms with Crippen molar-refractivity contribution in [3.8, 4) is 11.5 Å². The highest BCUT2D eigenvalue weighted by atomic mass is 16.5. The SMILES string of the molecule is COC(=O)CCCCCCCCCCCNC(=O)CCCCCCCCC(=O)N1CC(C)(CO)C(C)(COC(c2ccccc2)(c2ccc(OC)cc2)c2ccc(OC)cc2)C1. The molecule has 2 unspecified atom stereocenters. The number of aliphatic hydroxyl groups excluding tert-OH is 1. The van der Waals surface area contributed by atoms with Crippen molar-refractivity contribution in [2.45, 2.75) is 135 Å². The summed E-state index contributed by atoms with van der Waals surface area (Å²) in [6, 6.07) is 26.1. The molecule has 0 aromatic heterocycles. The molecule has 0 saturated carbocycles. The highest BCUT2D eigenvalue weighted by Crippen LogP contribution is 2.49. The molecular formula is C52H76N2O8. The number of nitrogens with zero attached hydrogens (tertiary/aromatic N) is 1. The van der Waals surface area contributed by atoms with E-state index in [-0.39, 0.29) is 24.4 Å². The Bertz CT molecular complexity index is 1700. The third kappa shape index (κ3) is 14.6. The van der Waals surface area contributed by atoms with Crippen molar-refractivity contribution >= 4 is 17.8 Å². The zero-order chi connectivity index (χ0) is 44.7. The summed E-state index contributed by atoms with van der Waals surface area (Å²) in [4.78, 5) is 39.1. The quantitative estimate of drug-likeness (QED) is 0.0386. The van der Waals surface area contributed by atoms with Gasteiger partial charge in [0.25, 0.3) is 0 Å². The van der Waals surface area contributed by atoms with E-state index < -0.39 is 16.4 Å². The van der Waals surface area contributed by atoms with Crippen molar-refractivity contribution < 1.29 is 38.4 Å². The standard InChI is InChI=1S/C52H76N2O8/c1-50(40-55)38-54(48(57)27-21-14-11-10-13-20-26-47(56)53-37-23-16-12-8-6-7-9-15-22-28-49(58)61-5)39-51(50,2)41-62-52(42-24-18-17-19-25-42,43-29-33-45(59-3)34-30-43)44-31-35-46(60-4)36-32-44/h17-19,24-25,29-36,55H,6-16,20-23,26-28,37-41H2,1-5H3,(H,53,56). The van der Waals surface area contributed by atoms with Crippen molar-refractivity contribution in [1.29, 1.82) is 0 Å². The molecule has 1 heterocycles. The van der Waals surface area contributed by atoms with Gasteiger partial charge in [0, 0.05) is 49.7 Å². The first-order chi connectivity index (χ1) is 30.0. The zero-order valence-electron chi connectivity index (χ0n) is 38.5. The average Bonchev–Trinajstić information content (AvgIpc) is 3.58. The molecule has 1 saturated heterocycles. The van der Waals surface area contributed by atoms with E-state index in [9.17, 15) is 19.5 Å². The monoisotopic (exact) mass is 857 g/mol. The van der Waals surface area contributed by atoms with E-state index in [1.165, 1.54) is 39.2 Å². The second kappa shape index (κ2) is 26.3. The maximum Gasteiger partial charge on any atom is 0.305 e. The maximum atomic E-state index is 13.7. The second-order valence-corrected chi connectivity index (χ2v) is 17.8. The summed E-state index contributed by atoms with van der Waals surface area (Å²) in [6.07, 6.45) is 17.6. The topological polar surface area (TPSA) is 124 Å². The van der Waals surface area contributed by atoms with Crippen LogP contribution in [-0.4, -0.2) is 82.0 Å². The molecule has 10 nitrogen and oxygen atoms in total. The number of ether oxygens (including phenoxy) is 4. The lowest BCUT2D eigenvalue weighted by Gasteiger charge is -2.43. The van der Waals surface area contributed by atoms with Crippen molar-refractivity contribution in [3.63, 3.8) is 0 Å². The number of esters is 1. The molecule has 0 bridgehead atoms. The van der Waals surface area contributed by atoms with Gasteiger partial charge in [-0.05, 0) is 66.6 Å². The Morgan fingerprint density at radius 1 is 0.597 bits per heavy atom. The lowest BCUT2D eigenvalue weighted by molar-refractivity contribution is -0.140. The fraction of sp³-hybridized carbons (Fsp3) is 0.596. The summed E-state index contributed by atoms with van der Waals surface area (Å²) >= 11 is 0. The van der Waals surface area contributed by atoms with Crippen molar-refractivity contribution in [3.05, 3.63) is 95.6 Å². The average molecular weight is 857 g/mol. The van der Waals surface area contributed by atoms with Crippen LogP contribution in [0.2, 0.25) is 0 Å². The van der Waals surface area contributed by atoms with E-state index in [0.29, 0.717) is 39.0 Å². The van der Waals surface area contributed by atoms with Crippen molar-refractivity contribution in [1.82, 2.24) is 10.2 Å². The molecule has 3 aromatic rings. The van der Waals surface area contributed by atoms with Crippen LogP contribution >= 0.6 is 0 Å². The number of unbranched alkanes of at least 4 members (excludes halogenated alkanes) is 13. The number of likely N-dealkylation sites (tertiary alicyclic amines) is 1. The lowest BCUT2D eigenvalue weighted by atomic mass is 9.68. The van der Waals surface area contributed by atoms with Crippen LogP contribution in [0.25, 0.3) is 0 Å². The Labute approximate surface area is 372 Å². The molecular weight excluding hydrogens is 781 g/mol. The Morgan fingerprint density at radius 2 is 1.05 bits per heavy atom. The van der Waals surface area contributed by atoms with E-state index in [1.807, 2.05) is 71.6 Å². The number of hydrogen-bond acceptors (Lipinski definition) is 8. The Hall–Kier alpha value is -4.41. The number of carbonyl (C=O) groups is 3. The van der Waals surface area contributed by atoms with Crippen LogP contribution in [0.3, 0.4) is 0 Å². The fourth-order valence-electron chi connectivity index (χ4n) is 8.74. The smallest absolute Gasteiger partial charge is 0.305 e. The van der Waals surface area contributed by atoms with Gasteiger partial charge in [-0.1, -0.05) is 139 Å². The Balaban J connectivity index is 1.19. The predicted octanol–water partition coefficient (Wildman–Crippen LogP) is 10.2.